The normalized spacial score (nSPS) is 11.0. The van der Waals surface area contributed by atoms with Crippen LogP contribution in [0.2, 0.25) is 0 Å². The summed E-state index contributed by atoms with van der Waals surface area (Å²) in [6, 6.07) is 1.18. The van der Waals surface area contributed by atoms with Crippen LogP contribution in [0.1, 0.15) is 11.4 Å². The van der Waals surface area contributed by atoms with Gasteiger partial charge < -0.3 is 9.84 Å². The van der Waals surface area contributed by atoms with Crippen molar-refractivity contribution in [2.24, 2.45) is 0 Å². The first-order valence-corrected chi connectivity index (χ1v) is 6.01. The predicted molar refractivity (Wildman–Crippen MR) is 67.4 cm³/mol. The fourth-order valence-corrected chi connectivity index (χ4v) is 1.63. The van der Waals surface area contributed by atoms with Crippen LogP contribution in [0.25, 0.3) is 11.3 Å². The van der Waals surface area contributed by atoms with Gasteiger partial charge in [-0.05, 0) is 6.92 Å². The van der Waals surface area contributed by atoms with Crippen molar-refractivity contribution < 1.29 is 23.0 Å². The number of hydrogen-bond donors (Lipinski definition) is 1. The van der Waals surface area contributed by atoms with E-state index in [1.165, 1.54) is 12.3 Å². The number of aliphatic hydroxyl groups excluding tert-OH is 1. The van der Waals surface area contributed by atoms with Crippen molar-refractivity contribution in [3.8, 4) is 17.1 Å². The Morgan fingerprint density at radius 2 is 2.05 bits per heavy atom. The molecule has 0 fully saturated rings. The van der Waals surface area contributed by atoms with E-state index in [1.54, 1.807) is 6.92 Å². The van der Waals surface area contributed by atoms with Gasteiger partial charge in [-0.3, -0.25) is 4.98 Å². The van der Waals surface area contributed by atoms with Crippen LogP contribution in [0.5, 0.6) is 5.88 Å². The van der Waals surface area contributed by atoms with Crippen molar-refractivity contribution in [2.75, 3.05) is 6.61 Å². The summed E-state index contributed by atoms with van der Waals surface area (Å²) in [6.45, 7) is 0.516. The van der Waals surface area contributed by atoms with Crippen molar-refractivity contribution in [3.63, 3.8) is 0 Å². The largest absolute Gasteiger partial charge is 0.472 e. The minimum atomic E-state index is -2.65. The molecule has 0 aliphatic carbocycles. The summed E-state index contributed by atoms with van der Waals surface area (Å²) in [5.74, 6) is -0.803. The third kappa shape index (κ3) is 3.66. The highest BCUT2D eigenvalue weighted by atomic mass is 19.3. The van der Waals surface area contributed by atoms with E-state index in [2.05, 4.69) is 15.0 Å². The number of aliphatic hydroxyl groups is 1. The molecule has 2 aromatic rings. The molecule has 0 bridgehead atoms. The molecule has 0 saturated heterocycles. The summed E-state index contributed by atoms with van der Waals surface area (Å²) in [5.41, 5.74) is 1.06. The lowest BCUT2D eigenvalue weighted by Gasteiger charge is -2.08. The lowest BCUT2D eigenvalue weighted by atomic mass is 10.2. The standard InChI is InChI=1S/C13H12F3N3O2/c1-7-11(5-20)17-4-10(19-7)8-2-13(18-3-9(8)14)21-6-12(15)16/h2-4,12,20H,5-6H2,1H3. The lowest BCUT2D eigenvalue weighted by Crippen LogP contribution is -2.08. The van der Waals surface area contributed by atoms with Gasteiger partial charge in [-0.2, -0.15) is 0 Å². The highest BCUT2D eigenvalue weighted by Gasteiger charge is 2.13. The van der Waals surface area contributed by atoms with Crippen molar-refractivity contribution in [3.05, 3.63) is 35.7 Å². The Bertz CT molecular complexity index is 638. The van der Waals surface area contributed by atoms with Gasteiger partial charge in [-0.15, -0.1) is 0 Å². The maximum atomic E-state index is 13.8. The maximum Gasteiger partial charge on any atom is 0.272 e. The lowest BCUT2D eigenvalue weighted by molar-refractivity contribution is 0.0795. The summed E-state index contributed by atoms with van der Waals surface area (Å²) in [7, 11) is 0. The molecule has 8 heteroatoms. The molecule has 0 unspecified atom stereocenters. The second-order valence-corrected chi connectivity index (χ2v) is 4.15. The number of hydrogen-bond acceptors (Lipinski definition) is 5. The molecule has 0 amide bonds. The van der Waals surface area contributed by atoms with E-state index in [0.29, 0.717) is 11.4 Å². The number of pyridine rings is 1. The molecule has 0 aliphatic heterocycles. The first-order valence-electron chi connectivity index (χ1n) is 6.01. The Kier molecular flexibility index (Phi) is 4.69. The van der Waals surface area contributed by atoms with E-state index in [9.17, 15) is 13.2 Å². The molecular formula is C13H12F3N3O2. The number of rotatable bonds is 5. The summed E-state index contributed by atoms with van der Waals surface area (Å²) in [4.78, 5) is 11.6. The molecule has 0 aromatic carbocycles. The van der Waals surface area contributed by atoms with Gasteiger partial charge >= 0.3 is 0 Å². The molecule has 1 N–H and O–H groups in total. The van der Waals surface area contributed by atoms with Gasteiger partial charge in [0.1, 0.15) is 0 Å². The zero-order valence-corrected chi connectivity index (χ0v) is 11.1. The molecule has 0 saturated carbocycles. The molecule has 2 rings (SSSR count). The molecule has 2 heterocycles. The van der Waals surface area contributed by atoms with Crippen LogP contribution in [-0.2, 0) is 6.61 Å². The van der Waals surface area contributed by atoms with E-state index >= 15 is 0 Å². The molecule has 0 atom stereocenters. The van der Waals surface area contributed by atoms with E-state index in [-0.39, 0.29) is 23.7 Å². The minimum Gasteiger partial charge on any atom is -0.472 e. The summed E-state index contributed by atoms with van der Waals surface area (Å²) in [6.07, 6.45) is -0.493. The summed E-state index contributed by atoms with van der Waals surface area (Å²) >= 11 is 0. The zero-order chi connectivity index (χ0) is 15.4. The third-order valence-electron chi connectivity index (χ3n) is 2.66. The topological polar surface area (TPSA) is 68.1 Å². The van der Waals surface area contributed by atoms with Crippen LogP contribution in [0, 0.1) is 12.7 Å². The van der Waals surface area contributed by atoms with Crippen LogP contribution in [0.4, 0.5) is 13.2 Å². The van der Waals surface area contributed by atoms with Gasteiger partial charge in [0, 0.05) is 11.6 Å². The number of nitrogens with zero attached hydrogens (tertiary/aromatic N) is 3. The quantitative estimate of drug-likeness (QED) is 0.916. The Labute approximate surface area is 118 Å². The van der Waals surface area contributed by atoms with Crippen LogP contribution in [0.15, 0.2) is 18.5 Å². The van der Waals surface area contributed by atoms with Crippen molar-refractivity contribution >= 4 is 0 Å². The first kappa shape index (κ1) is 15.2. The SMILES string of the molecule is Cc1nc(-c2cc(OCC(F)F)ncc2F)cnc1CO. The number of halogens is 3. The molecule has 0 radical (unpaired) electrons. The molecule has 21 heavy (non-hydrogen) atoms. The van der Waals surface area contributed by atoms with E-state index in [4.69, 9.17) is 9.84 Å². The number of ether oxygens (including phenoxy) is 1. The van der Waals surface area contributed by atoms with Crippen molar-refractivity contribution in [1.82, 2.24) is 15.0 Å². The number of aromatic nitrogens is 3. The fraction of sp³-hybridized carbons (Fsp3) is 0.308. The fourth-order valence-electron chi connectivity index (χ4n) is 1.63. The maximum absolute atomic E-state index is 13.8. The van der Waals surface area contributed by atoms with Gasteiger partial charge in [0.15, 0.2) is 12.4 Å². The summed E-state index contributed by atoms with van der Waals surface area (Å²) in [5, 5.41) is 9.02. The highest BCUT2D eigenvalue weighted by molar-refractivity contribution is 5.60. The van der Waals surface area contributed by atoms with Crippen LogP contribution in [-0.4, -0.2) is 33.1 Å². The average molecular weight is 299 g/mol. The minimum absolute atomic E-state index is 0.0364. The van der Waals surface area contributed by atoms with Crippen LogP contribution >= 0.6 is 0 Å². The second kappa shape index (κ2) is 6.49. The Morgan fingerprint density at radius 3 is 2.67 bits per heavy atom. The second-order valence-electron chi connectivity index (χ2n) is 4.15. The monoisotopic (exact) mass is 299 g/mol. The van der Waals surface area contributed by atoms with Gasteiger partial charge in [-0.1, -0.05) is 0 Å². The number of aryl methyl sites for hydroxylation is 1. The summed E-state index contributed by atoms with van der Waals surface area (Å²) < 4.78 is 42.7. The Hall–Kier alpha value is -2.22. The van der Waals surface area contributed by atoms with E-state index < -0.39 is 18.8 Å². The van der Waals surface area contributed by atoms with Crippen LogP contribution < -0.4 is 4.74 Å². The van der Waals surface area contributed by atoms with Crippen LogP contribution in [0.3, 0.4) is 0 Å². The van der Waals surface area contributed by atoms with Gasteiger partial charge in [0.2, 0.25) is 5.88 Å². The number of alkyl halides is 2. The van der Waals surface area contributed by atoms with Gasteiger partial charge in [0.05, 0.1) is 36.1 Å². The Balaban J connectivity index is 2.34. The van der Waals surface area contributed by atoms with E-state index in [1.807, 2.05) is 0 Å². The zero-order valence-electron chi connectivity index (χ0n) is 11.1. The predicted octanol–water partition coefficient (Wildman–Crippen LogP) is 2.12. The van der Waals surface area contributed by atoms with Crippen molar-refractivity contribution in [1.29, 1.82) is 0 Å². The van der Waals surface area contributed by atoms with Gasteiger partial charge in [0.25, 0.3) is 6.43 Å². The smallest absolute Gasteiger partial charge is 0.272 e. The molecule has 0 spiro atoms. The molecule has 112 valence electrons. The molecular weight excluding hydrogens is 287 g/mol. The molecule has 2 aromatic heterocycles. The van der Waals surface area contributed by atoms with E-state index in [0.717, 1.165) is 6.20 Å². The van der Waals surface area contributed by atoms with Gasteiger partial charge in [-0.25, -0.2) is 23.1 Å². The molecule has 5 nitrogen and oxygen atoms in total. The molecule has 0 aliphatic rings. The third-order valence-corrected chi connectivity index (χ3v) is 2.66. The highest BCUT2D eigenvalue weighted by Crippen LogP contribution is 2.24. The first-order chi connectivity index (χ1) is 10.0. The Morgan fingerprint density at radius 1 is 1.29 bits per heavy atom. The van der Waals surface area contributed by atoms with Crippen molar-refractivity contribution in [2.45, 2.75) is 20.0 Å². The average Bonchev–Trinajstić information content (AvgIpc) is 2.46.